The Morgan fingerprint density at radius 2 is 1.83 bits per heavy atom. The molecule has 0 aliphatic rings. The molecule has 0 spiro atoms. The zero-order chi connectivity index (χ0) is 16.1. The molecule has 2 rings (SSSR count). The Kier molecular flexibility index (Phi) is 7.23. The standard InChI is InChI=1S/C17H16ClNO3.ClH/c1-11(10-20)17(22)19-15-8-7-13(18)9-14(15)16(21)12-5-3-2-4-6-12;/h2-9,11,20H,10H2,1H3,(H,19,22);1H. The quantitative estimate of drug-likeness (QED) is 0.807. The maximum absolute atomic E-state index is 12.6. The van der Waals surface area contributed by atoms with Crippen LogP contribution in [-0.2, 0) is 4.79 Å². The Morgan fingerprint density at radius 3 is 2.43 bits per heavy atom. The second-order valence-corrected chi connectivity index (χ2v) is 5.39. The Morgan fingerprint density at radius 1 is 1.17 bits per heavy atom. The highest BCUT2D eigenvalue weighted by Gasteiger charge is 2.18. The van der Waals surface area contributed by atoms with Crippen LogP contribution < -0.4 is 5.32 Å². The maximum atomic E-state index is 12.6. The number of carbonyl (C=O) groups is 2. The van der Waals surface area contributed by atoms with Gasteiger partial charge in [0, 0.05) is 16.1 Å². The number of carbonyl (C=O) groups excluding carboxylic acids is 2. The van der Waals surface area contributed by atoms with Gasteiger partial charge in [-0.15, -0.1) is 12.4 Å². The molecule has 0 heterocycles. The summed E-state index contributed by atoms with van der Waals surface area (Å²) in [6.07, 6.45) is 0. The van der Waals surface area contributed by atoms with Crippen molar-refractivity contribution in [3.8, 4) is 0 Å². The molecule has 122 valence electrons. The number of anilines is 1. The fraction of sp³-hybridized carbons (Fsp3) is 0.176. The molecule has 1 amide bonds. The van der Waals surface area contributed by atoms with Crippen molar-refractivity contribution >= 4 is 41.4 Å². The van der Waals surface area contributed by atoms with E-state index in [1.807, 2.05) is 6.07 Å². The number of aliphatic hydroxyl groups is 1. The van der Waals surface area contributed by atoms with Crippen LogP contribution in [0.1, 0.15) is 22.8 Å². The number of ketones is 1. The van der Waals surface area contributed by atoms with Gasteiger partial charge in [0.05, 0.1) is 18.2 Å². The van der Waals surface area contributed by atoms with E-state index in [1.165, 1.54) is 6.07 Å². The SMILES string of the molecule is CC(CO)C(=O)Nc1ccc(Cl)cc1C(=O)c1ccccc1.Cl. The van der Waals surface area contributed by atoms with Crippen LogP contribution in [0.25, 0.3) is 0 Å². The van der Waals surface area contributed by atoms with Crippen LogP contribution in [0.5, 0.6) is 0 Å². The zero-order valence-corrected chi connectivity index (χ0v) is 14.0. The van der Waals surface area contributed by atoms with Gasteiger partial charge in [0.1, 0.15) is 0 Å². The molecule has 2 N–H and O–H groups in total. The van der Waals surface area contributed by atoms with E-state index in [0.29, 0.717) is 21.8 Å². The molecule has 0 fully saturated rings. The summed E-state index contributed by atoms with van der Waals surface area (Å²) < 4.78 is 0. The number of hydrogen-bond donors (Lipinski definition) is 2. The van der Waals surface area contributed by atoms with Crippen LogP contribution >= 0.6 is 24.0 Å². The Hall–Kier alpha value is -1.88. The summed E-state index contributed by atoms with van der Waals surface area (Å²) in [6.45, 7) is 1.34. The Labute approximate surface area is 145 Å². The van der Waals surface area contributed by atoms with E-state index >= 15 is 0 Å². The number of halogens is 2. The molecule has 2 aromatic carbocycles. The van der Waals surface area contributed by atoms with Crippen LogP contribution in [0.3, 0.4) is 0 Å². The second kappa shape index (κ2) is 8.67. The lowest BCUT2D eigenvalue weighted by Gasteiger charge is -2.13. The third-order valence-corrected chi connectivity index (χ3v) is 3.48. The van der Waals surface area contributed by atoms with Crippen molar-refractivity contribution in [2.75, 3.05) is 11.9 Å². The predicted molar refractivity (Wildman–Crippen MR) is 93.5 cm³/mol. The average Bonchev–Trinajstić information content (AvgIpc) is 2.55. The van der Waals surface area contributed by atoms with Crippen LogP contribution in [-0.4, -0.2) is 23.4 Å². The van der Waals surface area contributed by atoms with Crippen molar-refractivity contribution in [3.63, 3.8) is 0 Å². The molecular weight excluding hydrogens is 337 g/mol. The maximum Gasteiger partial charge on any atom is 0.229 e. The number of aliphatic hydroxyl groups excluding tert-OH is 1. The van der Waals surface area contributed by atoms with E-state index in [-0.39, 0.29) is 30.7 Å². The first kappa shape index (κ1) is 19.2. The highest BCUT2D eigenvalue weighted by atomic mass is 35.5. The Bertz CT molecular complexity index is 689. The van der Waals surface area contributed by atoms with Crippen molar-refractivity contribution in [2.24, 2.45) is 5.92 Å². The van der Waals surface area contributed by atoms with Crippen molar-refractivity contribution in [3.05, 3.63) is 64.7 Å². The minimum atomic E-state index is -0.560. The smallest absolute Gasteiger partial charge is 0.229 e. The minimum Gasteiger partial charge on any atom is -0.396 e. The molecule has 2 aromatic rings. The zero-order valence-electron chi connectivity index (χ0n) is 12.5. The lowest BCUT2D eigenvalue weighted by molar-refractivity contribution is -0.120. The highest BCUT2D eigenvalue weighted by Crippen LogP contribution is 2.24. The minimum absolute atomic E-state index is 0. The van der Waals surface area contributed by atoms with Gasteiger partial charge in [0.25, 0.3) is 0 Å². The first-order valence-corrected chi connectivity index (χ1v) is 7.21. The third kappa shape index (κ3) is 4.79. The van der Waals surface area contributed by atoms with E-state index in [2.05, 4.69) is 5.32 Å². The molecule has 23 heavy (non-hydrogen) atoms. The summed E-state index contributed by atoms with van der Waals surface area (Å²) in [5, 5.41) is 12.1. The van der Waals surface area contributed by atoms with Gasteiger partial charge in [0.15, 0.2) is 5.78 Å². The molecule has 1 unspecified atom stereocenters. The summed E-state index contributed by atoms with van der Waals surface area (Å²) in [5.74, 6) is -1.14. The van der Waals surface area contributed by atoms with Gasteiger partial charge in [-0.2, -0.15) is 0 Å². The van der Waals surface area contributed by atoms with Crippen LogP contribution in [0.2, 0.25) is 5.02 Å². The number of hydrogen-bond acceptors (Lipinski definition) is 3. The fourth-order valence-electron chi connectivity index (χ4n) is 1.90. The Balaban J connectivity index is 0.00000264. The summed E-state index contributed by atoms with van der Waals surface area (Å²) in [4.78, 5) is 24.5. The van der Waals surface area contributed by atoms with Gasteiger partial charge in [-0.25, -0.2) is 0 Å². The van der Waals surface area contributed by atoms with Crippen molar-refractivity contribution < 1.29 is 14.7 Å². The highest BCUT2D eigenvalue weighted by molar-refractivity contribution is 6.31. The fourth-order valence-corrected chi connectivity index (χ4v) is 2.07. The van der Waals surface area contributed by atoms with Crippen molar-refractivity contribution in [1.82, 2.24) is 0 Å². The first-order chi connectivity index (χ1) is 10.5. The van der Waals surface area contributed by atoms with Gasteiger partial charge >= 0.3 is 0 Å². The molecular formula is C17H17Cl2NO3. The van der Waals surface area contributed by atoms with Gasteiger partial charge in [-0.1, -0.05) is 48.9 Å². The second-order valence-electron chi connectivity index (χ2n) is 4.96. The summed E-state index contributed by atoms with van der Waals surface area (Å²) in [5.41, 5.74) is 1.20. The molecule has 0 saturated carbocycles. The van der Waals surface area contributed by atoms with Crippen molar-refractivity contribution in [1.29, 1.82) is 0 Å². The molecule has 0 radical (unpaired) electrons. The van der Waals surface area contributed by atoms with Gasteiger partial charge < -0.3 is 10.4 Å². The van der Waals surface area contributed by atoms with E-state index < -0.39 is 5.92 Å². The molecule has 0 aliphatic carbocycles. The lowest BCUT2D eigenvalue weighted by Crippen LogP contribution is -2.24. The largest absolute Gasteiger partial charge is 0.396 e. The van der Waals surface area contributed by atoms with Crippen LogP contribution in [0.4, 0.5) is 5.69 Å². The average molecular weight is 354 g/mol. The van der Waals surface area contributed by atoms with Gasteiger partial charge in [0.2, 0.25) is 5.91 Å². The molecule has 4 nitrogen and oxygen atoms in total. The lowest BCUT2D eigenvalue weighted by atomic mass is 10.0. The number of amides is 1. The normalized spacial score (nSPS) is 11.3. The van der Waals surface area contributed by atoms with Gasteiger partial charge in [-0.3, -0.25) is 9.59 Å². The summed E-state index contributed by atoms with van der Waals surface area (Å²) in [7, 11) is 0. The van der Waals surface area contributed by atoms with E-state index in [0.717, 1.165) is 0 Å². The predicted octanol–water partition coefficient (Wildman–Crippen LogP) is 3.56. The first-order valence-electron chi connectivity index (χ1n) is 6.84. The van der Waals surface area contributed by atoms with Crippen LogP contribution in [0.15, 0.2) is 48.5 Å². The molecule has 0 aliphatic heterocycles. The van der Waals surface area contributed by atoms with Crippen LogP contribution in [0, 0.1) is 5.92 Å². The van der Waals surface area contributed by atoms with Crippen molar-refractivity contribution in [2.45, 2.75) is 6.92 Å². The summed E-state index contributed by atoms with van der Waals surface area (Å²) in [6, 6.07) is 13.5. The van der Waals surface area contributed by atoms with E-state index in [9.17, 15) is 9.59 Å². The molecule has 1 atom stereocenters. The van der Waals surface area contributed by atoms with Gasteiger partial charge in [-0.05, 0) is 18.2 Å². The topological polar surface area (TPSA) is 66.4 Å². The van der Waals surface area contributed by atoms with E-state index in [4.69, 9.17) is 16.7 Å². The molecule has 6 heteroatoms. The monoisotopic (exact) mass is 353 g/mol. The third-order valence-electron chi connectivity index (χ3n) is 3.24. The number of benzene rings is 2. The number of rotatable bonds is 5. The summed E-state index contributed by atoms with van der Waals surface area (Å²) >= 11 is 5.97. The van der Waals surface area contributed by atoms with E-state index in [1.54, 1.807) is 43.3 Å². The molecule has 0 saturated heterocycles. The molecule has 0 bridgehead atoms. The number of nitrogens with one attached hydrogen (secondary N) is 1. The molecule has 0 aromatic heterocycles.